The first-order valence-corrected chi connectivity index (χ1v) is 7.20. The number of carbonyl (C=O) groups is 3. The third-order valence-corrected chi connectivity index (χ3v) is 3.14. The minimum Gasteiger partial charge on any atom is -0.480 e. The van der Waals surface area contributed by atoms with Crippen LogP contribution in [0.5, 0.6) is 0 Å². The summed E-state index contributed by atoms with van der Waals surface area (Å²) in [6.45, 7) is 1.07. The lowest BCUT2D eigenvalue weighted by molar-refractivity contribution is -0.135. The van der Waals surface area contributed by atoms with Crippen molar-refractivity contribution in [3.8, 4) is 11.8 Å². The van der Waals surface area contributed by atoms with Crippen molar-refractivity contribution >= 4 is 28.8 Å². The monoisotopic (exact) mass is 305 g/mol. The Kier molecular flexibility index (Phi) is 7.05. The fourth-order valence-corrected chi connectivity index (χ4v) is 1.94. The molecule has 0 unspecified atom stereocenters. The fourth-order valence-electron chi connectivity index (χ4n) is 1.44. The predicted octanol–water partition coefficient (Wildman–Crippen LogP) is 1.52. The number of aliphatic carboxylic acids is 1. The zero-order chi connectivity index (χ0) is 15.7. The molecule has 0 spiro atoms. The van der Waals surface area contributed by atoms with Crippen molar-refractivity contribution < 1.29 is 19.5 Å². The number of hydrogen-bond acceptors (Lipinski definition) is 4. The minimum absolute atomic E-state index is 0.0465. The first kappa shape index (κ1) is 16.8. The number of nitrogens with one attached hydrogen (secondary N) is 1. The van der Waals surface area contributed by atoms with Gasteiger partial charge in [-0.1, -0.05) is 35.7 Å². The number of amides is 1. The maximum absolute atomic E-state index is 11.9. The molecule has 0 fully saturated rings. The van der Waals surface area contributed by atoms with E-state index in [0.717, 1.165) is 0 Å². The number of benzene rings is 1. The molecule has 1 aromatic carbocycles. The number of carboxylic acid groups (broad SMARTS) is 1. The van der Waals surface area contributed by atoms with Crippen molar-refractivity contribution in [2.24, 2.45) is 0 Å². The quantitative estimate of drug-likeness (QED) is 0.636. The topological polar surface area (TPSA) is 83.5 Å². The second-order valence-electron chi connectivity index (χ2n) is 4.01. The molecule has 0 heterocycles. The summed E-state index contributed by atoms with van der Waals surface area (Å²) in [5.74, 6) is 4.80. The molecule has 1 aromatic rings. The molecule has 1 amide bonds. The molecule has 0 atom stereocenters. The van der Waals surface area contributed by atoms with Gasteiger partial charge in [0.05, 0.1) is 5.56 Å². The van der Waals surface area contributed by atoms with Gasteiger partial charge < -0.3 is 10.4 Å². The standard InChI is InChI=1S/C15H15NO4S/c1-11(17)21-9-5-4-7-12-6-2-3-8-13(12)15(20)16-10-14(18)19/h2-3,6,8H,5,9-10H2,1H3,(H,16,20)(H,18,19). The minimum atomic E-state index is -1.10. The van der Waals surface area contributed by atoms with Crippen LogP contribution in [0.4, 0.5) is 0 Å². The van der Waals surface area contributed by atoms with Gasteiger partial charge in [0.15, 0.2) is 5.12 Å². The highest BCUT2D eigenvalue weighted by Crippen LogP contribution is 2.08. The number of hydrogen-bond donors (Lipinski definition) is 2. The van der Waals surface area contributed by atoms with Crippen molar-refractivity contribution in [3.63, 3.8) is 0 Å². The Morgan fingerprint density at radius 3 is 2.67 bits per heavy atom. The van der Waals surface area contributed by atoms with Gasteiger partial charge in [-0.05, 0) is 12.1 Å². The fraction of sp³-hybridized carbons (Fsp3) is 0.267. The molecular weight excluding hydrogens is 290 g/mol. The van der Waals surface area contributed by atoms with Crippen LogP contribution in [-0.4, -0.2) is 34.4 Å². The van der Waals surface area contributed by atoms with Gasteiger partial charge in [0.1, 0.15) is 6.54 Å². The first-order chi connectivity index (χ1) is 10.0. The van der Waals surface area contributed by atoms with Gasteiger partial charge in [0.25, 0.3) is 5.91 Å². The van der Waals surface area contributed by atoms with Gasteiger partial charge in [-0.15, -0.1) is 0 Å². The molecule has 0 aliphatic rings. The van der Waals surface area contributed by atoms with Crippen LogP contribution in [0.1, 0.15) is 29.3 Å². The lowest BCUT2D eigenvalue weighted by atomic mass is 10.1. The van der Waals surface area contributed by atoms with Gasteiger partial charge in [0.2, 0.25) is 0 Å². The van der Waals surface area contributed by atoms with Gasteiger partial charge in [-0.25, -0.2) is 0 Å². The molecule has 6 heteroatoms. The van der Waals surface area contributed by atoms with Crippen molar-refractivity contribution in [3.05, 3.63) is 35.4 Å². The molecular formula is C15H15NO4S. The lowest BCUT2D eigenvalue weighted by Crippen LogP contribution is -2.29. The Hall–Kier alpha value is -2.26. The van der Waals surface area contributed by atoms with E-state index in [2.05, 4.69) is 17.2 Å². The molecule has 110 valence electrons. The Balaban J connectivity index is 2.70. The highest BCUT2D eigenvalue weighted by Gasteiger charge is 2.10. The van der Waals surface area contributed by atoms with E-state index >= 15 is 0 Å². The van der Waals surface area contributed by atoms with Crippen LogP contribution >= 0.6 is 11.8 Å². The van der Waals surface area contributed by atoms with E-state index in [1.807, 2.05) is 0 Å². The first-order valence-electron chi connectivity index (χ1n) is 6.22. The second kappa shape index (κ2) is 8.82. The molecule has 5 nitrogen and oxygen atoms in total. The number of thioether (sulfide) groups is 1. The third kappa shape index (κ3) is 6.63. The smallest absolute Gasteiger partial charge is 0.322 e. The lowest BCUT2D eigenvalue weighted by Gasteiger charge is -2.04. The summed E-state index contributed by atoms with van der Waals surface area (Å²) in [6, 6.07) is 6.72. The van der Waals surface area contributed by atoms with Gasteiger partial charge >= 0.3 is 5.97 Å². The SMILES string of the molecule is CC(=O)SCCC#Cc1ccccc1C(=O)NCC(=O)O. The maximum Gasteiger partial charge on any atom is 0.322 e. The molecule has 21 heavy (non-hydrogen) atoms. The molecule has 0 radical (unpaired) electrons. The third-order valence-electron chi connectivity index (χ3n) is 2.33. The zero-order valence-corrected chi connectivity index (χ0v) is 12.3. The van der Waals surface area contributed by atoms with Gasteiger partial charge in [-0.2, -0.15) is 0 Å². The Bertz CT molecular complexity index is 601. The molecule has 0 bridgehead atoms. The molecule has 0 aromatic heterocycles. The number of rotatable bonds is 5. The number of carbonyl (C=O) groups excluding carboxylic acids is 2. The molecule has 0 aliphatic carbocycles. The van der Waals surface area contributed by atoms with Crippen LogP contribution in [-0.2, 0) is 9.59 Å². The van der Waals surface area contributed by atoms with Crippen LogP contribution < -0.4 is 5.32 Å². The van der Waals surface area contributed by atoms with Gasteiger partial charge in [-0.3, -0.25) is 14.4 Å². The molecule has 1 rings (SSSR count). The number of carboxylic acids is 1. The molecule has 0 saturated heterocycles. The van der Waals surface area contributed by atoms with E-state index in [4.69, 9.17) is 5.11 Å². The van der Waals surface area contributed by atoms with Crippen LogP contribution in [0.25, 0.3) is 0 Å². The summed E-state index contributed by atoms with van der Waals surface area (Å²) in [7, 11) is 0. The van der Waals surface area contributed by atoms with Crippen molar-refractivity contribution in [2.45, 2.75) is 13.3 Å². The van der Waals surface area contributed by atoms with Crippen molar-refractivity contribution in [2.75, 3.05) is 12.3 Å². The molecule has 2 N–H and O–H groups in total. The normalized spacial score (nSPS) is 9.38. The Morgan fingerprint density at radius 1 is 1.29 bits per heavy atom. The Morgan fingerprint density at radius 2 is 2.00 bits per heavy atom. The average molecular weight is 305 g/mol. The van der Waals surface area contributed by atoms with Crippen molar-refractivity contribution in [1.82, 2.24) is 5.32 Å². The summed E-state index contributed by atoms with van der Waals surface area (Å²) < 4.78 is 0. The summed E-state index contributed by atoms with van der Waals surface area (Å²) in [4.78, 5) is 33.1. The highest BCUT2D eigenvalue weighted by atomic mass is 32.2. The summed E-state index contributed by atoms with van der Waals surface area (Å²) in [6.07, 6.45) is 0.537. The Labute approximate surface area is 127 Å². The predicted molar refractivity (Wildman–Crippen MR) is 81.0 cm³/mol. The summed E-state index contributed by atoms with van der Waals surface area (Å²) in [5, 5.41) is 10.9. The van der Waals surface area contributed by atoms with E-state index in [-0.39, 0.29) is 5.12 Å². The van der Waals surface area contributed by atoms with Crippen LogP contribution in [0, 0.1) is 11.8 Å². The second-order valence-corrected chi connectivity index (χ2v) is 5.29. The van der Waals surface area contributed by atoms with E-state index in [1.54, 1.807) is 24.3 Å². The van der Waals surface area contributed by atoms with E-state index < -0.39 is 18.4 Å². The highest BCUT2D eigenvalue weighted by molar-refractivity contribution is 8.13. The molecule has 0 saturated carbocycles. The van der Waals surface area contributed by atoms with Crippen LogP contribution in [0.15, 0.2) is 24.3 Å². The average Bonchev–Trinajstić information content (AvgIpc) is 2.44. The summed E-state index contributed by atoms with van der Waals surface area (Å²) >= 11 is 1.20. The summed E-state index contributed by atoms with van der Waals surface area (Å²) in [5.41, 5.74) is 0.874. The largest absolute Gasteiger partial charge is 0.480 e. The maximum atomic E-state index is 11.9. The van der Waals surface area contributed by atoms with E-state index in [0.29, 0.717) is 23.3 Å². The van der Waals surface area contributed by atoms with Crippen LogP contribution in [0.3, 0.4) is 0 Å². The van der Waals surface area contributed by atoms with E-state index in [1.165, 1.54) is 18.7 Å². The zero-order valence-electron chi connectivity index (χ0n) is 11.5. The van der Waals surface area contributed by atoms with Crippen LogP contribution in [0.2, 0.25) is 0 Å². The molecule has 0 aliphatic heterocycles. The van der Waals surface area contributed by atoms with Gasteiger partial charge in [0, 0.05) is 24.7 Å². The van der Waals surface area contributed by atoms with Crippen molar-refractivity contribution in [1.29, 1.82) is 0 Å². The van der Waals surface area contributed by atoms with E-state index in [9.17, 15) is 14.4 Å².